The lowest BCUT2D eigenvalue weighted by atomic mass is 10.1. The first-order chi connectivity index (χ1) is 20.0. The van der Waals surface area contributed by atoms with E-state index in [0.29, 0.717) is 28.0 Å². The first kappa shape index (κ1) is 24.7. The SMILES string of the molecule is COc1ccc(-c2cc(-n3c(-c4ccc(O)cc4)cc4ccc(Cl)nc43)c3cc(-c4ccc(O)cc4)[nH]c3n2)cn1. The van der Waals surface area contributed by atoms with E-state index in [1.54, 1.807) is 49.7 Å². The van der Waals surface area contributed by atoms with Crippen molar-refractivity contribution in [3.63, 3.8) is 0 Å². The molecular formula is C32H22ClN5O3. The minimum atomic E-state index is 0.183. The van der Waals surface area contributed by atoms with Crippen LogP contribution in [0.5, 0.6) is 17.4 Å². The average molecular weight is 560 g/mol. The summed E-state index contributed by atoms with van der Waals surface area (Å²) in [5, 5.41) is 21.9. The molecule has 0 atom stereocenters. The fraction of sp³-hybridized carbons (Fsp3) is 0.0312. The van der Waals surface area contributed by atoms with Crippen LogP contribution in [0.25, 0.3) is 61.5 Å². The third kappa shape index (κ3) is 4.40. The first-order valence-electron chi connectivity index (χ1n) is 12.8. The minimum absolute atomic E-state index is 0.183. The number of nitrogens with zero attached hydrogens (tertiary/aromatic N) is 4. The van der Waals surface area contributed by atoms with Gasteiger partial charge in [0.15, 0.2) is 0 Å². The van der Waals surface area contributed by atoms with E-state index >= 15 is 0 Å². The molecule has 0 spiro atoms. The molecule has 5 aromatic heterocycles. The van der Waals surface area contributed by atoms with Gasteiger partial charge in [-0.3, -0.25) is 4.57 Å². The van der Waals surface area contributed by atoms with Crippen LogP contribution in [0.3, 0.4) is 0 Å². The van der Waals surface area contributed by atoms with Crippen molar-refractivity contribution in [3.05, 3.63) is 102 Å². The Labute approximate surface area is 239 Å². The zero-order chi connectivity index (χ0) is 28.1. The van der Waals surface area contributed by atoms with E-state index < -0.39 is 0 Å². The average Bonchev–Trinajstić information content (AvgIpc) is 3.59. The van der Waals surface area contributed by atoms with E-state index in [2.05, 4.69) is 20.6 Å². The Balaban J connectivity index is 1.55. The number of pyridine rings is 3. The van der Waals surface area contributed by atoms with Crippen LogP contribution in [0.15, 0.2) is 97.2 Å². The molecular weight excluding hydrogens is 538 g/mol. The Bertz CT molecular complexity index is 2050. The lowest BCUT2D eigenvalue weighted by Crippen LogP contribution is -2.01. The van der Waals surface area contributed by atoms with Gasteiger partial charge in [0.05, 0.1) is 24.2 Å². The van der Waals surface area contributed by atoms with Crippen LogP contribution in [-0.2, 0) is 0 Å². The maximum Gasteiger partial charge on any atom is 0.212 e. The lowest BCUT2D eigenvalue weighted by molar-refractivity contribution is 0.398. The molecule has 0 aliphatic carbocycles. The van der Waals surface area contributed by atoms with Crippen molar-refractivity contribution in [2.75, 3.05) is 7.11 Å². The summed E-state index contributed by atoms with van der Waals surface area (Å²) in [6.45, 7) is 0. The third-order valence-corrected chi connectivity index (χ3v) is 7.23. The van der Waals surface area contributed by atoms with E-state index in [4.69, 9.17) is 26.3 Å². The summed E-state index contributed by atoms with van der Waals surface area (Å²) in [5.74, 6) is 0.884. The van der Waals surface area contributed by atoms with Crippen molar-refractivity contribution in [2.24, 2.45) is 0 Å². The number of H-pyrrole nitrogens is 1. The van der Waals surface area contributed by atoms with Crippen LogP contribution >= 0.6 is 11.6 Å². The molecule has 5 heterocycles. The van der Waals surface area contributed by atoms with Gasteiger partial charge in [-0.05, 0) is 96.1 Å². The van der Waals surface area contributed by atoms with Crippen LogP contribution in [-0.4, -0.2) is 41.8 Å². The minimum Gasteiger partial charge on any atom is -0.508 e. The van der Waals surface area contributed by atoms with E-state index in [0.717, 1.165) is 44.5 Å². The summed E-state index contributed by atoms with van der Waals surface area (Å²) in [7, 11) is 1.58. The normalized spacial score (nSPS) is 11.4. The highest BCUT2D eigenvalue weighted by molar-refractivity contribution is 6.29. The predicted molar refractivity (Wildman–Crippen MR) is 160 cm³/mol. The number of aromatic hydroxyl groups is 2. The Morgan fingerprint density at radius 1 is 0.780 bits per heavy atom. The number of phenols is 2. The number of methoxy groups -OCH3 is 1. The molecule has 0 aliphatic rings. The van der Waals surface area contributed by atoms with E-state index in [1.165, 1.54) is 0 Å². The summed E-state index contributed by atoms with van der Waals surface area (Å²) < 4.78 is 7.31. The second kappa shape index (κ2) is 9.69. The molecule has 2 aromatic carbocycles. The largest absolute Gasteiger partial charge is 0.508 e. The Morgan fingerprint density at radius 3 is 2.17 bits per heavy atom. The van der Waals surface area contributed by atoms with Crippen molar-refractivity contribution >= 4 is 33.7 Å². The zero-order valence-electron chi connectivity index (χ0n) is 21.7. The molecule has 3 N–H and O–H groups in total. The quantitative estimate of drug-likeness (QED) is 0.190. The van der Waals surface area contributed by atoms with Gasteiger partial charge in [-0.2, -0.15) is 0 Å². The second-order valence-corrected chi connectivity index (χ2v) is 9.95. The number of hydrogen-bond donors (Lipinski definition) is 3. The number of halogens is 1. The highest BCUT2D eigenvalue weighted by Gasteiger charge is 2.20. The van der Waals surface area contributed by atoms with Gasteiger partial charge in [-0.15, -0.1) is 0 Å². The van der Waals surface area contributed by atoms with Crippen molar-refractivity contribution < 1.29 is 14.9 Å². The number of benzene rings is 2. The summed E-state index contributed by atoms with van der Waals surface area (Å²) in [5.41, 5.74) is 7.18. The van der Waals surface area contributed by atoms with E-state index in [1.807, 2.05) is 48.5 Å². The second-order valence-electron chi connectivity index (χ2n) is 9.57. The van der Waals surface area contributed by atoms with Crippen LogP contribution in [0.1, 0.15) is 0 Å². The molecule has 0 radical (unpaired) electrons. The molecule has 0 unspecified atom stereocenters. The van der Waals surface area contributed by atoms with Gasteiger partial charge >= 0.3 is 0 Å². The molecule has 7 rings (SSSR count). The third-order valence-electron chi connectivity index (χ3n) is 7.02. The van der Waals surface area contributed by atoms with E-state index in [-0.39, 0.29) is 11.5 Å². The van der Waals surface area contributed by atoms with Gasteiger partial charge < -0.3 is 19.9 Å². The topological polar surface area (TPSA) is 109 Å². The molecule has 0 saturated heterocycles. The Kier molecular flexibility index (Phi) is 5.83. The number of fused-ring (bicyclic) bond motifs is 2. The van der Waals surface area contributed by atoms with Crippen molar-refractivity contribution in [1.29, 1.82) is 0 Å². The van der Waals surface area contributed by atoms with Crippen molar-refractivity contribution in [2.45, 2.75) is 0 Å². The van der Waals surface area contributed by atoms with Gasteiger partial charge in [0.25, 0.3) is 0 Å². The molecule has 0 fully saturated rings. The Hall–Kier alpha value is -5.34. The Morgan fingerprint density at radius 2 is 1.49 bits per heavy atom. The molecule has 9 heteroatoms. The monoisotopic (exact) mass is 559 g/mol. The lowest BCUT2D eigenvalue weighted by Gasteiger charge is -2.14. The van der Waals surface area contributed by atoms with Crippen LogP contribution in [0.4, 0.5) is 0 Å². The van der Waals surface area contributed by atoms with Gasteiger partial charge in [-0.25, -0.2) is 15.0 Å². The fourth-order valence-corrected chi connectivity index (χ4v) is 5.15. The number of ether oxygens (including phenoxy) is 1. The highest BCUT2D eigenvalue weighted by Crippen LogP contribution is 2.38. The smallest absolute Gasteiger partial charge is 0.212 e. The van der Waals surface area contributed by atoms with Gasteiger partial charge in [-0.1, -0.05) is 11.6 Å². The molecule has 200 valence electrons. The number of phenolic OH excluding ortho intramolecular Hbond substituents is 2. The molecule has 0 aliphatic heterocycles. The van der Waals surface area contributed by atoms with Gasteiger partial charge in [0.1, 0.15) is 27.9 Å². The standard InChI is InChI=1S/C32H22ClN5O3/c1-41-30-13-7-21(17-34-30)26-16-28(24-15-25(35-31(24)36-26)18-2-8-22(39)9-3-18)38-27(19-4-10-23(40)11-5-19)14-20-6-12-29(33)37-32(20)38/h2-17,39-40H,1H3,(H,35,36). The number of aromatic amines is 1. The molecule has 0 amide bonds. The summed E-state index contributed by atoms with van der Waals surface area (Å²) in [6.07, 6.45) is 1.73. The van der Waals surface area contributed by atoms with Crippen molar-refractivity contribution in [3.8, 4) is 56.8 Å². The molecule has 7 aromatic rings. The number of rotatable bonds is 5. The van der Waals surface area contributed by atoms with Crippen LogP contribution < -0.4 is 4.74 Å². The van der Waals surface area contributed by atoms with Gasteiger partial charge in [0, 0.05) is 34.3 Å². The number of aromatic nitrogens is 5. The molecule has 0 saturated carbocycles. The van der Waals surface area contributed by atoms with E-state index in [9.17, 15) is 10.2 Å². The summed E-state index contributed by atoms with van der Waals surface area (Å²) in [4.78, 5) is 17.5. The highest BCUT2D eigenvalue weighted by atomic mass is 35.5. The molecule has 0 bridgehead atoms. The van der Waals surface area contributed by atoms with Crippen molar-refractivity contribution in [1.82, 2.24) is 24.5 Å². The van der Waals surface area contributed by atoms with Crippen LogP contribution in [0.2, 0.25) is 5.15 Å². The molecule has 8 nitrogen and oxygen atoms in total. The van der Waals surface area contributed by atoms with Crippen LogP contribution in [0, 0.1) is 0 Å². The summed E-state index contributed by atoms with van der Waals surface area (Å²) in [6, 6.07) is 27.6. The first-order valence-corrected chi connectivity index (χ1v) is 13.2. The number of nitrogens with one attached hydrogen (secondary N) is 1. The number of hydrogen-bond acceptors (Lipinski definition) is 6. The maximum absolute atomic E-state index is 9.96. The summed E-state index contributed by atoms with van der Waals surface area (Å²) >= 11 is 6.41. The zero-order valence-corrected chi connectivity index (χ0v) is 22.5. The molecule has 41 heavy (non-hydrogen) atoms. The fourth-order valence-electron chi connectivity index (χ4n) is 5.01. The maximum atomic E-state index is 9.96. The predicted octanol–water partition coefficient (Wildman–Crippen LogP) is 7.37. The van der Waals surface area contributed by atoms with Gasteiger partial charge in [0.2, 0.25) is 5.88 Å².